The van der Waals surface area contributed by atoms with Crippen molar-refractivity contribution in [3.8, 4) is 0 Å². The van der Waals surface area contributed by atoms with Gasteiger partial charge in [0.05, 0.1) is 20.9 Å². The SMILES string of the molecule is Cc1ccc(S(=O)(=O)NS(=O)(=O)c2cc(C(=O)O)cc(C(=O)O)c2)cc1. The van der Waals surface area contributed by atoms with E-state index in [1.165, 1.54) is 28.4 Å². The summed E-state index contributed by atoms with van der Waals surface area (Å²) >= 11 is 0. The number of benzene rings is 2. The standard InChI is InChI=1S/C15H13NO8S2/c1-9-2-4-12(5-3-9)25(21,22)16-26(23,24)13-7-10(14(17)18)6-11(8-13)15(19)20/h2-8,16H,1H3,(H,17,18)(H,19,20). The Balaban J connectivity index is 2.52. The van der Waals surface area contributed by atoms with Crippen molar-refractivity contribution < 1.29 is 36.6 Å². The molecule has 0 aromatic heterocycles. The summed E-state index contributed by atoms with van der Waals surface area (Å²) in [5.74, 6) is -3.13. The molecule has 0 aliphatic carbocycles. The second kappa shape index (κ2) is 6.86. The Labute approximate surface area is 149 Å². The van der Waals surface area contributed by atoms with E-state index in [0.717, 1.165) is 11.6 Å². The highest BCUT2D eigenvalue weighted by atomic mass is 32.3. The van der Waals surface area contributed by atoms with Crippen LogP contribution in [0.15, 0.2) is 52.3 Å². The lowest BCUT2D eigenvalue weighted by Crippen LogP contribution is -2.31. The number of rotatable bonds is 6. The van der Waals surface area contributed by atoms with Gasteiger partial charge in [-0.1, -0.05) is 17.7 Å². The first kappa shape index (κ1) is 19.6. The van der Waals surface area contributed by atoms with E-state index < -0.39 is 48.0 Å². The first-order valence-electron chi connectivity index (χ1n) is 6.89. The lowest BCUT2D eigenvalue weighted by Gasteiger charge is -2.10. The lowest BCUT2D eigenvalue weighted by molar-refractivity contribution is 0.0696. The minimum Gasteiger partial charge on any atom is -0.478 e. The van der Waals surface area contributed by atoms with Gasteiger partial charge in [0.15, 0.2) is 0 Å². The Bertz CT molecular complexity index is 1050. The number of carboxylic acid groups (broad SMARTS) is 2. The molecule has 0 unspecified atom stereocenters. The third kappa shape index (κ3) is 4.25. The molecule has 0 bridgehead atoms. The quantitative estimate of drug-likeness (QED) is 0.651. The van der Waals surface area contributed by atoms with Gasteiger partial charge in [-0.25, -0.2) is 26.4 Å². The van der Waals surface area contributed by atoms with E-state index in [1.54, 1.807) is 6.92 Å². The largest absolute Gasteiger partial charge is 0.478 e. The molecule has 2 rings (SSSR count). The highest BCUT2D eigenvalue weighted by molar-refractivity contribution is 8.04. The Morgan fingerprint density at radius 3 is 1.62 bits per heavy atom. The molecule has 2 aromatic carbocycles. The zero-order valence-electron chi connectivity index (χ0n) is 13.2. The summed E-state index contributed by atoms with van der Waals surface area (Å²) in [4.78, 5) is 21.0. The molecule has 0 fully saturated rings. The van der Waals surface area contributed by atoms with Crippen molar-refractivity contribution in [2.24, 2.45) is 0 Å². The highest BCUT2D eigenvalue weighted by Gasteiger charge is 2.26. The van der Waals surface area contributed by atoms with Crippen LogP contribution in [-0.4, -0.2) is 39.0 Å². The number of aryl methyl sites for hydroxylation is 1. The van der Waals surface area contributed by atoms with Crippen LogP contribution in [0, 0.1) is 6.92 Å². The van der Waals surface area contributed by atoms with E-state index in [2.05, 4.69) is 0 Å². The molecule has 0 amide bonds. The Morgan fingerprint density at radius 1 is 0.769 bits per heavy atom. The maximum Gasteiger partial charge on any atom is 0.335 e. The molecular weight excluding hydrogens is 386 g/mol. The van der Waals surface area contributed by atoms with Crippen molar-refractivity contribution >= 4 is 32.0 Å². The Hall–Kier alpha value is -2.76. The number of aromatic carboxylic acids is 2. The zero-order valence-corrected chi connectivity index (χ0v) is 14.8. The molecule has 9 nitrogen and oxygen atoms in total. The summed E-state index contributed by atoms with van der Waals surface area (Å²) in [5, 5.41) is 18.0. The summed E-state index contributed by atoms with van der Waals surface area (Å²) in [5.41, 5.74) is -0.469. The van der Waals surface area contributed by atoms with E-state index in [1.807, 2.05) is 0 Å². The molecule has 0 atom stereocenters. The van der Waals surface area contributed by atoms with Crippen molar-refractivity contribution in [3.63, 3.8) is 0 Å². The number of hydrogen-bond donors (Lipinski definition) is 3. The average Bonchev–Trinajstić information content (AvgIpc) is 2.53. The van der Waals surface area contributed by atoms with Gasteiger partial charge >= 0.3 is 11.9 Å². The zero-order chi connectivity index (χ0) is 19.7. The van der Waals surface area contributed by atoms with Crippen LogP contribution in [0.3, 0.4) is 0 Å². The molecule has 0 spiro atoms. The van der Waals surface area contributed by atoms with Gasteiger partial charge in [0.1, 0.15) is 0 Å². The lowest BCUT2D eigenvalue weighted by atomic mass is 10.1. The first-order chi connectivity index (χ1) is 11.9. The molecule has 138 valence electrons. The summed E-state index contributed by atoms with van der Waals surface area (Å²) in [6, 6.07) is 7.43. The number of carboxylic acids is 2. The first-order valence-corrected chi connectivity index (χ1v) is 9.86. The van der Waals surface area contributed by atoms with Crippen molar-refractivity contribution in [1.29, 1.82) is 0 Å². The van der Waals surface area contributed by atoms with Crippen molar-refractivity contribution in [1.82, 2.24) is 4.13 Å². The van der Waals surface area contributed by atoms with Crippen LogP contribution in [-0.2, 0) is 20.0 Å². The molecule has 2 aromatic rings. The number of nitrogens with one attached hydrogen (secondary N) is 1. The third-order valence-corrected chi connectivity index (χ3v) is 6.77. The van der Waals surface area contributed by atoms with E-state index in [4.69, 9.17) is 10.2 Å². The Kier molecular flexibility index (Phi) is 5.16. The predicted molar refractivity (Wildman–Crippen MR) is 89.0 cm³/mol. The van der Waals surface area contributed by atoms with Gasteiger partial charge in [0, 0.05) is 0 Å². The fourth-order valence-electron chi connectivity index (χ4n) is 1.96. The monoisotopic (exact) mass is 399 g/mol. The van der Waals surface area contributed by atoms with Crippen molar-refractivity contribution in [2.75, 3.05) is 0 Å². The van der Waals surface area contributed by atoms with Crippen LogP contribution in [0.5, 0.6) is 0 Å². The topological polar surface area (TPSA) is 155 Å². The summed E-state index contributed by atoms with van der Waals surface area (Å²) < 4.78 is 50.7. The molecule has 0 heterocycles. The number of sulfonamides is 2. The molecule has 3 N–H and O–H groups in total. The molecule has 26 heavy (non-hydrogen) atoms. The fraction of sp³-hybridized carbons (Fsp3) is 0.0667. The summed E-state index contributed by atoms with van der Waals surface area (Å²) in [7, 11) is -9.23. The molecule has 0 saturated carbocycles. The van der Waals surface area contributed by atoms with Gasteiger partial charge in [-0.2, -0.15) is 0 Å². The maximum atomic E-state index is 12.4. The van der Waals surface area contributed by atoms with Crippen molar-refractivity contribution in [2.45, 2.75) is 16.7 Å². The molecule has 0 aliphatic heterocycles. The smallest absolute Gasteiger partial charge is 0.335 e. The van der Waals surface area contributed by atoms with Crippen LogP contribution in [0.2, 0.25) is 0 Å². The van der Waals surface area contributed by atoms with E-state index in [0.29, 0.717) is 12.1 Å². The number of carbonyl (C=O) groups is 2. The molecule has 0 aliphatic rings. The van der Waals surface area contributed by atoms with E-state index in [-0.39, 0.29) is 4.90 Å². The van der Waals surface area contributed by atoms with Gasteiger partial charge in [-0.15, -0.1) is 4.13 Å². The maximum absolute atomic E-state index is 12.4. The molecule has 0 saturated heterocycles. The van der Waals surface area contributed by atoms with Gasteiger partial charge < -0.3 is 10.2 Å². The average molecular weight is 399 g/mol. The summed E-state index contributed by atoms with van der Waals surface area (Å²) in [6.07, 6.45) is 0. The predicted octanol–water partition coefficient (Wildman–Crippen LogP) is 1.06. The van der Waals surface area contributed by atoms with Crippen LogP contribution < -0.4 is 4.13 Å². The fourth-order valence-corrected chi connectivity index (χ4v) is 4.94. The second-order valence-electron chi connectivity index (χ2n) is 5.26. The molecule has 0 radical (unpaired) electrons. The Morgan fingerprint density at radius 2 is 1.19 bits per heavy atom. The third-order valence-electron chi connectivity index (χ3n) is 3.26. The van der Waals surface area contributed by atoms with Crippen LogP contribution in [0.4, 0.5) is 0 Å². The normalized spacial score (nSPS) is 11.9. The summed E-state index contributed by atoms with van der Waals surface area (Å²) in [6.45, 7) is 1.71. The van der Waals surface area contributed by atoms with Crippen LogP contribution in [0.1, 0.15) is 26.3 Å². The van der Waals surface area contributed by atoms with Gasteiger partial charge in [0.2, 0.25) is 0 Å². The minimum atomic E-state index is -4.75. The second-order valence-corrected chi connectivity index (χ2v) is 8.88. The highest BCUT2D eigenvalue weighted by Crippen LogP contribution is 2.18. The molecular formula is C15H13NO8S2. The van der Waals surface area contributed by atoms with E-state index >= 15 is 0 Å². The van der Waals surface area contributed by atoms with E-state index in [9.17, 15) is 26.4 Å². The van der Waals surface area contributed by atoms with Crippen LogP contribution >= 0.6 is 0 Å². The van der Waals surface area contributed by atoms with Crippen molar-refractivity contribution in [3.05, 3.63) is 59.2 Å². The molecule has 11 heteroatoms. The van der Waals surface area contributed by atoms with Gasteiger partial charge in [0.25, 0.3) is 20.0 Å². The number of hydrogen-bond acceptors (Lipinski definition) is 6. The minimum absolute atomic E-state index is 0.320. The van der Waals surface area contributed by atoms with Crippen LogP contribution in [0.25, 0.3) is 0 Å². The van der Waals surface area contributed by atoms with Gasteiger partial charge in [-0.05, 0) is 37.3 Å². The van der Waals surface area contributed by atoms with Gasteiger partial charge in [-0.3, -0.25) is 0 Å².